The Morgan fingerprint density at radius 2 is 1.96 bits per heavy atom. The van der Waals surface area contributed by atoms with Crippen LogP contribution in [0.3, 0.4) is 0 Å². The molecule has 2 aromatic heterocycles. The lowest BCUT2D eigenvalue weighted by Gasteiger charge is -2.21. The summed E-state index contributed by atoms with van der Waals surface area (Å²) in [5, 5.41) is 2.01. The number of hydrogen-bond acceptors (Lipinski definition) is 4. The molecule has 1 aromatic carbocycles. The molecular formula is C18H16INO3S. The molecule has 0 bridgehead atoms. The van der Waals surface area contributed by atoms with Crippen LogP contribution in [-0.2, 0) is 17.9 Å². The second-order valence-corrected chi connectivity index (χ2v) is 7.43. The predicted octanol–water partition coefficient (Wildman–Crippen LogP) is 4.55. The van der Waals surface area contributed by atoms with Crippen molar-refractivity contribution >= 4 is 39.8 Å². The van der Waals surface area contributed by atoms with E-state index in [0.29, 0.717) is 18.8 Å². The van der Waals surface area contributed by atoms with Crippen LogP contribution in [0.5, 0.6) is 5.75 Å². The van der Waals surface area contributed by atoms with Crippen LogP contribution in [0.25, 0.3) is 0 Å². The number of furan rings is 1. The quantitative estimate of drug-likeness (QED) is 0.493. The zero-order valence-electron chi connectivity index (χ0n) is 12.9. The Labute approximate surface area is 158 Å². The third kappa shape index (κ3) is 4.85. The van der Waals surface area contributed by atoms with E-state index in [2.05, 4.69) is 22.6 Å². The van der Waals surface area contributed by atoms with E-state index in [9.17, 15) is 4.79 Å². The van der Waals surface area contributed by atoms with Crippen molar-refractivity contribution in [1.82, 2.24) is 4.90 Å². The Balaban J connectivity index is 1.64. The minimum atomic E-state index is -0.0710. The molecular weight excluding hydrogens is 437 g/mol. The van der Waals surface area contributed by atoms with Gasteiger partial charge in [0.05, 0.1) is 19.4 Å². The SMILES string of the molecule is O=C(COc1ccc(I)cc1)N(Cc1ccco1)Cc1cccs1. The second kappa shape index (κ2) is 8.34. The third-order valence-electron chi connectivity index (χ3n) is 3.38. The lowest BCUT2D eigenvalue weighted by Crippen LogP contribution is -2.33. The molecule has 3 rings (SSSR count). The Morgan fingerprint density at radius 1 is 1.12 bits per heavy atom. The van der Waals surface area contributed by atoms with Gasteiger partial charge in [0, 0.05) is 8.45 Å². The van der Waals surface area contributed by atoms with Crippen LogP contribution in [0, 0.1) is 3.57 Å². The minimum absolute atomic E-state index is 0.00662. The molecule has 1 amide bonds. The van der Waals surface area contributed by atoms with Crippen LogP contribution in [0.1, 0.15) is 10.6 Å². The number of carbonyl (C=O) groups excluding carboxylic acids is 1. The normalized spacial score (nSPS) is 10.5. The first-order chi connectivity index (χ1) is 11.7. The number of amides is 1. The van der Waals surface area contributed by atoms with Gasteiger partial charge < -0.3 is 14.1 Å². The minimum Gasteiger partial charge on any atom is -0.484 e. The van der Waals surface area contributed by atoms with Crippen LogP contribution in [0.2, 0.25) is 0 Å². The number of benzene rings is 1. The summed E-state index contributed by atoms with van der Waals surface area (Å²) in [6.45, 7) is 0.986. The van der Waals surface area contributed by atoms with E-state index in [4.69, 9.17) is 9.15 Å². The standard InChI is InChI=1S/C18H16INO3S/c19-14-5-7-15(8-6-14)23-13-18(21)20(11-16-3-1-9-22-16)12-17-4-2-10-24-17/h1-10H,11-13H2. The molecule has 2 heterocycles. The van der Waals surface area contributed by atoms with E-state index in [1.54, 1.807) is 22.5 Å². The molecule has 0 aliphatic carbocycles. The average molecular weight is 453 g/mol. The first-order valence-corrected chi connectivity index (χ1v) is 9.37. The van der Waals surface area contributed by atoms with Crippen molar-refractivity contribution in [3.63, 3.8) is 0 Å². The molecule has 4 nitrogen and oxygen atoms in total. The average Bonchev–Trinajstić information content (AvgIpc) is 3.27. The van der Waals surface area contributed by atoms with E-state index in [1.165, 1.54) is 0 Å². The molecule has 0 radical (unpaired) electrons. The molecule has 0 N–H and O–H groups in total. The number of thiophene rings is 1. The number of halogens is 1. The summed E-state index contributed by atoms with van der Waals surface area (Å²) < 4.78 is 12.1. The van der Waals surface area contributed by atoms with Gasteiger partial charge in [-0.2, -0.15) is 0 Å². The number of carbonyl (C=O) groups is 1. The Hall–Kier alpha value is -1.80. The lowest BCUT2D eigenvalue weighted by atomic mass is 10.3. The zero-order chi connectivity index (χ0) is 16.8. The Morgan fingerprint density at radius 3 is 2.62 bits per heavy atom. The molecule has 124 valence electrons. The van der Waals surface area contributed by atoms with Crippen molar-refractivity contribution in [3.8, 4) is 5.75 Å². The highest BCUT2D eigenvalue weighted by Crippen LogP contribution is 2.17. The molecule has 24 heavy (non-hydrogen) atoms. The van der Waals surface area contributed by atoms with E-state index in [-0.39, 0.29) is 12.5 Å². The van der Waals surface area contributed by atoms with Crippen LogP contribution in [-0.4, -0.2) is 17.4 Å². The van der Waals surface area contributed by atoms with Gasteiger partial charge in [0.2, 0.25) is 0 Å². The van der Waals surface area contributed by atoms with Gasteiger partial charge in [0.1, 0.15) is 11.5 Å². The maximum Gasteiger partial charge on any atom is 0.261 e. The summed E-state index contributed by atoms with van der Waals surface area (Å²) in [6.07, 6.45) is 1.62. The maximum atomic E-state index is 12.6. The summed E-state index contributed by atoms with van der Waals surface area (Å²) in [5.41, 5.74) is 0. The van der Waals surface area contributed by atoms with Crippen molar-refractivity contribution < 1.29 is 13.9 Å². The smallest absolute Gasteiger partial charge is 0.261 e. The van der Waals surface area contributed by atoms with Crippen molar-refractivity contribution in [2.24, 2.45) is 0 Å². The second-order valence-electron chi connectivity index (χ2n) is 5.15. The first-order valence-electron chi connectivity index (χ1n) is 7.41. The van der Waals surface area contributed by atoms with E-state index in [1.807, 2.05) is 53.9 Å². The van der Waals surface area contributed by atoms with Gasteiger partial charge in [0.15, 0.2) is 6.61 Å². The number of ether oxygens (including phenoxy) is 1. The van der Waals surface area contributed by atoms with Crippen LogP contribution >= 0.6 is 33.9 Å². The summed E-state index contributed by atoms with van der Waals surface area (Å²) in [6, 6.07) is 15.3. The molecule has 0 aliphatic rings. The summed E-state index contributed by atoms with van der Waals surface area (Å²) in [4.78, 5) is 15.5. The first kappa shape index (κ1) is 17.0. The van der Waals surface area contributed by atoms with Gasteiger partial charge in [0.25, 0.3) is 5.91 Å². The highest BCUT2D eigenvalue weighted by Gasteiger charge is 2.17. The van der Waals surface area contributed by atoms with Gasteiger partial charge in [-0.1, -0.05) is 6.07 Å². The van der Waals surface area contributed by atoms with Gasteiger partial charge in [-0.15, -0.1) is 11.3 Å². The van der Waals surface area contributed by atoms with Gasteiger partial charge in [-0.05, 0) is 70.4 Å². The zero-order valence-corrected chi connectivity index (χ0v) is 15.8. The molecule has 0 spiro atoms. The van der Waals surface area contributed by atoms with Crippen LogP contribution < -0.4 is 4.74 Å². The number of hydrogen-bond donors (Lipinski definition) is 0. The monoisotopic (exact) mass is 453 g/mol. The predicted molar refractivity (Wildman–Crippen MR) is 102 cm³/mol. The third-order valence-corrected chi connectivity index (χ3v) is 4.96. The number of rotatable bonds is 7. The fraction of sp³-hybridized carbons (Fsp3) is 0.167. The highest BCUT2D eigenvalue weighted by molar-refractivity contribution is 14.1. The van der Waals surface area contributed by atoms with E-state index >= 15 is 0 Å². The molecule has 0 atom stereocenters. The summed E-state index contributed by atoms with van der Waals surface area (Å²) >= 11 is 3.86. The van der Waals surface area contributed by atoms with Crippen molar-refractivity contribution in [1.29, 1.82) is 0 Å². The maximum absolute atomic E-state index is 12.6. The molecule has 0 saturated carbocycles. The largest absolute Gasteiger partial charge is 0.484 e. The van der Waals surface area contributed by atoms with Gasteiger partial charge in [-0.3, -0.25) is 4.79 Å². The lowest BCUT2D eigenvalue weighted by molar-refractivity contribution is -0.134. The molecule has 0 unspecified atom stereocenters. The summed E-state index contributed by atoms with van der Waals surface area (Å²) in [7, 11) is 0. The van der Waals surface area contributed by atoms with Gasteiger partial charge >= 0.3 is 0 Å². The van der Waals surface area contributed by atoms with Crippen molar-refractivity contribution in [2.45, 2.75) is 13.1 Å². The van der Waals surface area contributed by atoms with Crippen LogP contribution in [0.4, 0.5) is 0 Å². The van der Waals surface area contributed by atoms with Crippen LogP contribution in [0.15, 0.2) is 64.6 Å². The van der Waals surface area contributed by atoms with E-state index in [0.717, 1.165) is 14.2 Å². The van der Waals surface area contributed by atoms with E-state index < -0.39 is 0 Å². The number of nitrogens with zero attached hydrogens (tertiary/aromatic N) is 1. The van der Waals surface area contributed by atoms with Gasteiger partial charge in [-0.25, -0.2) is 0 Å². The Bertz CT molecular complexity index is 718. The topological polar surface area (TPSA) is 42.7 Å². The summed E-state index contributed by atoms with van der Waals surface area (Å²) in [5.74, 6) is 1.38. The molecule has 6 heteroatoms. The van der Waals surface area contributed by atoms with Crippen molar-refractivity contribution in [3.05, 3.63) is 74.4 Å². The highest BCUT2D eigenvalue weighted by atomic mass is 127. The fourth-order valence-electron chi connectivity index (χ4n) is 2.18. The fourth-order valence-corrected chi connectivity index (χ4v) is 3.26. The van der Waals surface area contributed by atoms with Crippen molar-refractivity contribution in [2.75, 3.05) is 6.61 Å². The molecule has 3 aromatic rings. The molecule has 0 saturated heterocycles. The molecule has 0 aliphatic heterocycles. The Kier molecular flexibility index (Phi) is 5.92. The molecule has 0 fully saturated rings.